The van der Waals surface area contributed by atoms with Crippen LogP contribution in [-0.2, 0) is 27.3 Å². The van der Waals surface area contributed by atoms with Gasteiger partial charge in [-0.05, 0) is 36.6 Å². The lowest BCUT2D eigenvalue weighted by Gasteiger charge is -2.30. The molecule has 2 aromatic carbocycles. The minimum Gasteiger partial charge on any atom is -0.481 e. The van der Waals surface area contributed by atoms with E-state index < -0.39 is 12.1 Å². The second-order valence-electron chi connectivity index (χ2n) is 6.31. The molecule has 138 valence electrons. The van der Waals surface area contributed by atoms with Gasteiger partial charge in [0.2, 0.25) is 0 Å². The van der Waals surface area contributed by atoms with Crippen LogP contribution in [0, 0.1) is 11.3 Å². The highest BCUT2D eigenvalue weighted by molar-refractivity contribution is 5.84. The third kappa shape index (κ3) is 4.45. The maximum absolute atomic E-state index is 12.6. The standard InChI is InChI=1S/C21H20N2O4/c1-15(21(25)23-11-10-16-6-2-3-8-18(16)13-23)27-20(24)14-26-19-9-5-4-7-17(19)12-22/h2-9,15H,10-11,13-14H2,1H3/t15-/m1/s1. The Kier molecular flexibility index (Phi) is 5.72. The maximum Gasteiger partial charge on any atom is 0.344 e. The molecular weight excluding hydrogens is 344 g/mol. The number of hydrogen-bond acceptors (Lipinski definition) is 5. The van der Waals surface area contributed by atoms with E-state index in [1.807, 2.05) is 24.3 Å². The number of hydrogen-bond donors (Lipinski definition) is 0. The number of nitrogens with zero attached hydrogens (tertiary/aromatic N) is 2. The summed E-state index contributed by atoms with van der Waals surface area (Å²) in [7, 11) is 0. The highest BCUT2D eigenvalue weighted by Crippen LogP contribution is 2.20. The van der Waals surface area contributed by atoms with Crippen LogP contribution in [-0.4, -0.2) is 36.0 Å². The van der Waals surface area contributed by atoms with Crippen molar-refractivity contribution in [1.29, 1.82) is 5.26 Å². The molecule has 6 nitrogen and oxygen atoms in total. The van der Waals surface area contributed by atoms with Crippen LogP contribution in [0.1, 0.15) is 23.6 Å². The number of amides is 1. The lowest BCUT2D eigenvalue weighted by molar-refractivity contribution is -0.161. The van der Waals surface area contributed by atoms with Crippen LogP contribution in [0.4, 0.5) is 0 Å². The van der Waals surface area contributed by atoms with Gasteiger partial charge in [-0.3, -0.25) is 4.79 Å². The Bertz CT molecular complexity index is 888. The molecule has 0 radical (unpaired) electrons. The molecule has 2 aromatic rings. The van der Waals surface area contributed by atoms with E-state index >= 15 is 0 Å². The Morgan fingerprint density at radius 3 is 2.63 bits per heavy atom. The molecule has 1 atom stereocenters. The summed E-state index contributed by atoms with van der Waals surface area (Å²) in [5.74, 6) is -0.570. The predicted molar refractivity (Wildman–Crippen MR) is 97.8 cm³/mol. The van der Waals surface area contributed by atoms with Gasteiger partial charge in [0.15, 0.2) is 12.7 Å². The monoisotopic (exact) mass is 364 g/mol. The number of ether oxygens (including phenoxy) is 2. The van der Waals surface area contributed by atoms with E-state index in [9.17, 15) is 9.59 Å². The van der Waals surface area contributed by atoms with Crippen molar-refractivity contribution in [3.8, 4) is 11.8 Å². The second kappa shape index (κ2) is 8.37. The molecular formula is C21H20N2O4. The SMILES string of the molecule is C[C@@H](OC(=O)COc1ccccc1C#N)C(=O)N1CCc2ccccc2C1. The smallest absolute Gasteiger partial charge is 0.344 e. The zero-order valence-corrected chi connectivity index (χ0v) is 15.1. The number of carbonyl (C=O) groups is 2. The van der Waals surface area contributed by atoms with Crippen molar-refractivity contribution >= 4 is 11.9 Å². The van der Waals surface area contributed by atoms with Gasteiger partial charge in [0.1, 0.15) is 11.8 Å². The Hall–Kier alpha value is -3.33. The quantitative estimate of drug-likeness (QED) is 0.762. The van der Waals surface area contributed by atoms with Gasteiger partial charge in [-0.1, -0.05) is 36.4 Å². The first-order valence-electron chi connectivity index (χ1n) is 8.75. The minimum absolute atomic E-state index is 0.227. The lowest BCUT2D eigenvalue weighted by Crippen LogP contribution is -2.43. The molecule has 0 fully saturated rings. The first-order valence-corrected chi connectivity index (χ1v) is 8.75. The molecule has 0 aliphatic carbocycles. The van der Waals surface area contributed by atoms with Crippen LogP contribution in [0.15, 0.2) is 48.5 Å². The Balaban J connectivity index is 1.52. The fraction of sp³-hybridized carbons (Fsp3) is 0.286. The molecule has 0 aromatic heterocycles. The molecule has 1 amide bonds. The largest absolute Gasteiger partial charge is 0.481 e. The normalized spacial score (nSPS) is 13.9. The first-order chi connectivity index (χ1) is 13.1. The molecule has 1 aliphatic heterocycles. The number of rotatable bonds is 5. The number of esters is 1. The third-order valence-corrected chi connectivity index (χ3v) is 4.45. The number of fused-ring (bicyclic) bond motifs is 1. The van der Waals surface area contributed by atoms with E-state index in [0.717, 1.165) is 12.0 Å². The van der Waals surface area contributed by atoms with E-state index in [1.165, 1.54) is 5.56 Å². The number of benzene rings is 2. The summed E-state index contributed by atoms with van der Waals surface area (Å²) in [6.07, 6.45) is -0.103. The Labute approximate surface area is 157 Å². The average Bonchev–Trinajstić information content (AvgIpc) is 2.71. The van der Waals surface area contributed by atoms with Crippen molar-refractivity contribution in [3.05, 3.63) is 65.2 Å². The van der Waals surface area contributed by atoms with Gasteiger partial charge in [-0.15, -0.1) is 0 Å². The fourth-order valence-corrected chi connectivity index (χ4v) is 3.04. The van der Waals surface area contributed by atoms with E-state index in [0.29, 0.717) is 24.4 Å². The van der Waals surface area contributed by atoms with Crippen molar-refractivity contribution in [1.82, 2.24) is 4.90 Å². The van der Waals surface area contributed by atoms with Crippen LogP contribution < -0.4 is 4.74 Å². The summed E-state index contributed by atoms with van der Waals surface area (Å²) in [5, 5.41) is 9.02. The van der Waals surface area contributed by atoms with Crippen molar-refractivity contribution in [2.24, 2.45) is 0 Å². The van der Waals surface area contributed by atoms with Gasteiger partial charge in [0.25, 0.3) is 5.91 Å². The van der Waals surface area contributed by atoms with Gasteiger partial charge >= 0.3 is 5.97 Å². The van der Waals surface area contributed by atoms with Gasteiger partial charge in [-0.2, -0.15) is 5.26 Å². The van der Waals surface area contributed by atoms with Crippen molar-refractivity contribution in [3.63, 3.8) is 0 Å². The lowest BCUT2D eigenvalue weighted by atomic mass is 9.99. The molecule has 1 heterocycles. The molecule has 0 N–H and O–H groups in total. The summed E-state index contributed by atoms with van der Waals surface area (Å²) >= 11 is 0. The first kappa shape index (κ1) is 18.5. The van der Waals surface area contributed by atoms with Crippen molar-refractivity contribution < 1.29 is 19.1 Å². The van der Waals surface area contributed by atoms with Crippen LogP contribution in [0.2, 0.25) is 0 Å². The molecule has 3 rings (SSSR count). The van der Waals surface area contributed by atoms with Gasteiger partial charge in [0.05, 0.1) is 5.56 Å². The van der Waals surface area contributed by atoms with E-state index in [2.05, 4.69) is 6.07 Å². The molecule has 27 heavy (non-hydrogen) atoms. The Morgan fingerprint density at radius 1 is 1.15 bits per heavy atom. The van der Waals surface area contributed by atoms with Crippen LogP contribution >= 0.6 is 0 Å². The molecule has 1 aliphatic rings. The summed E-state index contributed by atoms with van der Waals surface area (Å²) in [6, 6.07) is 16.6. The van der Waals surface area contributed by atoms with Crippen LogP contribution in [0.3, 0.4) is 0 Å². The molecule has 6 heteroatoms. The van der Waals surface area contributed by atoms with Gasteiger partial charge < -0.3 is 14.4 Å². The number of para-hydroxylation sites is 1. The summed E-state index contributed by atoms with van der Waals surface area (Å²) in [5.41, 5.74) is 2.70. The van der Waals surface area contributed by atoms with Crippen molar-refractivity contribution in [2.45, 2.75) is 26.0 Å². The highest BCUT2D eigenvalue weighted by Gasteiger charge is 2.27. The van der Waals surface area contributed by atoms with E-state index in [-0.39, 0.29) is 12.5 Å². The fourth-order valence-electron chi connectivity index (χ4n) is 3.04. The molecule has 0 saturated heterocycles. The number of carbonyl (C=O) groups excluding carboxylic acids is 2. The predicted octanol–water partition coefficient (Wildman–Crippen LogP) is 2.45. The van der Waals surface area contributed by atoms with E-state index in [1.54, 1.807) is 36.1 Å². The molecule has 0 spiro atoms. The molecule has 0 unspecified atom stereocenters. The Morgan fingerprint density at radius 2 is 1.85 bits per heavy atom. The highest BCUT2D eigenvalue weighted by atomic mass is 16.6. The average molecular weight is 364 g/mol. The molecule has 0 saturated carbocycles. The summed E-state index contributed by atoms with van der Waals surface area (Å²) < 4.78 is 10.6. The third-order valence-electron chi connectivity index (χ3n) is 4.45. The zero-order valence-electron chi connectivity index (χ0n) is 15.1. The molecule has 0 bridgehead atoms. The van der Waals surface area contributed by atoms with Crippen LogP contribution in [0.5, 0.6) is 5.75 Å². The van der Waals surface area contributed by atoms with Crippen molar-refractivity contribution in [2.75, 3.05) is 13.2 Å². The maximum atomic E-state index is 12.6. The van der Waals surface area contributed by atoms with Gasteiger partial charge in [-0.25, -0.2) is 4.79 Å². The van der Waals surface area contributed by atoms with E-state index in [4.69, 9.17) is 14.7 Å². The van der Waals surface area contributed by atoms with Crippen LogP contribution in [0.25, 0.3) is 0 Å². The zero-order chi connectivity index (χ0) is 19.2. The topological polar surface area (TPSA) is 79.6 Å². The number of nitriles is 1. The van der Waals surface area contributed by atoms with Gasteiger partial charge in [0, 0.05) is 13.1 Å². The second-order valence-corrected chi connectivity index (χ2v) is 6.31. The summed E-state index contributed by atoms with van der Waals surface area (Å²) in [6.45, 7) is 2.32. The summed E-state index contributed by atoms with van der Waals surface area (Å²) in [4.78, 5) is 26.3. The minimum atomic E-state index is -0.891.